The van der Waals surface area contributed by atoms with Crippen LogP contribution in [-0.2, 0) is 0 Å². The van der Waals surface area contributed by atoms with Crippen LogP contribution in [0.2, 0.25) is 0 Å². The minimum Gasteiger partial charge on any atom is -0.323 e. The van der Waals surface area contributed by atoms with E-state index in [4.69, 9.17) is 0 Å². The van der Waals surface area contributed by atoms with E-state index in [2.05, 4.69) is 18.2 Å². The summed E-state index contributed by atoms with van der Waals surface area (Å²) in [5.41, 5.74) is 0. The molecule has 0 heterocycles. The van der Waals surface area contributed by atoms with Crippen LogP contribution in [0.5, 0.6) is 0 Å². The first-order valence-corrected chi connectivity index (χ1v) is 5.17. The smallest absolute Gasteiger partial charge is 0.323 e. The maximum Gasteiger partial charge on any atom is 1.52 e. The molecule has 5 heavy (non-hydrogen) atoms. The number of rotatable bonds is 0. The molecular weight excluding hydrogens is 142 g/mol. The van der Waals surface area contributed by atoms with Gasteiger partial charge in [0.15, 0.2) is 0 Å². The quantitative estimate of drug-likeness (QED) is 0.489. The maximum absolute atomic E-state index is 2.97. The van der Waals surface area contributed by atoms with Gasteiger partial charge in [-0.3, -0.25) is 0 Å². The van der Waals surface area contributed by atoms with Crippen molar-refractivity contribution in [2.45, 2.75) is 0 Å². The monoisotopic (exact) mass is 148 g/mol. The fraction of sp³-hybridized carbons (Fsp3) is 1.00. The predicted molar refractivity (Wildman–Crippen MR) is 29.7 cm³/mol. The van der Waals surface area contributed by atoms with Gasteiger partial charge in [0, 0.05) is 0 Å². The van der Waals surface area contributed by atoms with Crippen LogP contribution in [0.4, 0.5) is 0 Å². The van der Waals surface area contributed by atoms with E-state index in [0.717, 1.165) is 0 Å². The zero-order valence-corrected chi connectivity index (χ0v) is 6.59. The SMILES string of the molecule is CNC.[Mg+2][Br]. The highest BCUT2D eigenvalue weighted by atomic mass is 79.9. The third-order valence-electron chi connectivity index (χ3n) is 0. The molecule has 0 aromatic carbocycles. The highest BCUT2D eigenvalue weighted by molar-refractivity contribution is 9.22. The van der Waals surface area contributed by atoms with Gasteiger partial charge in [0.05, 0.1) is 0 Å². The number of nitrogens with one attached hydrogen (secondary N) is 1. The third-order valence-corrected chi connectivity index (χ3v) is 0. The van der Waals surface area contributed by atoms with E-state index in [1.807, 2.05) is 14.1 Å². The predicted octanol–water partition coefficient (Wildman–Crippen LogP) is 0.300. The van der Waals surface area contributed by atoms with Crippen molar-refractivity contribution >= 4 is 32.4 Å². The molecule has 1 N–H and O–H groups in total. The Kier molecular flexibility index (Phi) is 36.0. The summed E-state index contributed by atoms with van der Waals surface area (Å²) in [6, 6.07) is 0. The lowest BCUT2D eigenvalue weighted by Crippen LogP contribution is -1.89. The van der Waals surface area contributed by atoms with E-state index in [0.29, 0.717) is 0 Å². The molecule has 0 unspecified atom stereocenters. The van der Waals surface area contributed by atoms with Gasteiger partial charge in [-0.15, -0.1) is 0 Å². The molecule has 0 amide bonds. The van der Waals surface area contributed by atoms with Gasteiger partial charge in [0.1, 0.15) is 0 Å². The molecule has 7 radical (unpaired) electrons. The first kappa shape index (κ1) is 9.51. The van der Waals surface area contributed by atoms with Crippen molar-refractivity contribution in [1.82, 2.24) is 5.32 Å². The largest absolute Gasteiger partial charge is 1.52 e. The zero-order valence-electron chi connectivity index (χ0n) is 3.59. The normalized spacial score (nSPS) is 4.80. The minimum absolute atomic E-state index is 1.67. The van der Waals surface area contributed by atoms with E-state index in [1.165, 1.54) is 0 Å². The zero-order chi connectivity index (χ0) is 4.71. The maximum atomic E-state index is 2.97. The van der Waals surface area contributed by atoms with Crippen LogP contribution >= 0.6 is 12.9 Å². The van der Waals surface area contributed by atoms with E-state index < -0.39 is 0 Å². The Labute approximate surface area is 51.8 Å². The van der Waals surface area contributed by atoms with Gasteiger partial charge < -0.3 is 5.32 Å². The van der Waals surface area contributed by atoms with Gasteiger partial charge in [0.25, 0.3) is 0 Å². The van der Waals surface area contributed by atoms with Crippen molar-refractivity contribution in [2.24, 2.45) is 0 Å². The van der Waals surface area contributed by atoms with Crippen LogP contribution in [0, 0.1) is 0 Å². The highest BCUT2D eigenvalue weighted by Crippen LogP contribution is 1.41. The van der Waals surface area contributed by atoms with Crippen molar-refractivity contribution in [3.05, 3.63) is 0 Å². The van der Waals surface area contributed by atoms with Crippen LogP contribution in [0.15, 0.2) is 0 Å². The molecular formula is C2H7BrMgN+2. The lowest BCUT2D eigenvalue weighted by molar-refractivity contribution is 1.02. The van der Waals surface area contributed by atoms with Gasteiger partial charge in [-0.05, 0) is 14.1 Å². The van der Waals surface area contributed by atoms with Gasteiger partial charge in [-0.25, -0.2) is 0 Å². The molecule has 0 aliphatic rings. The van der Waals surface area contributed by atoms with Gasteiger partial charge in [-0.2, -0.15) is 0 Å². The third kappa shape index (κ3) is 36.8. The molecule has 1 nitrogen and oxygen atoms in total. The summed E-state index contributed by atoms with van der Waals surface area (Å²) in [4.78, 5) is 0. The summed E-state index contributed by atoms with van der Waals surface area (Å²) in [7, 11) is 3.75. The average Bonchev–Trinajstić information content (AvgIpc) is 1.46. The van der Waals surface area contributed by atoms with Crippen molar-refractivity contribution in [2.75, 3.05) is 14.1 Å². The Balaban J connectivity index is 0. The first-order valence-electron chi connectivity index (χ1n) is 1.27. The molecule has 0 bridgehead atoms. The summed E-state index contributed by atoms with van der Waals surface area (Å²) in [5, 5.41) is 2.75. The molecule has 0 fully saturated rings. The lowest BCUT2D eigenvalue weighted by atomic mass is 11.3. The topological polar surface area (TPSA) is 12.0 Å². The Morgan fingerprint density at radius 2 is 1.40 bits per heavy atom. The number of hydrogen-bond donors (Lipinski definition) is 1. The van der Waals surface area contributed by atoms with E-state index in [1.54, 1.807) is 19.5 Å². The fourth-order valence-corrected chi connectivity index (χ4v) is 0. The van der Waals surface area contributed by atoms with Gasteiger partial charge in [0.2, 0.25) is 0 Å². The van der Waals surface area contributed by atoms with Crippen molar-refractivity contribution in [1.29, 1.82) is 0 Å². The van der Waals surface area contributed by atoms with E-state index in [9.17, 15) is 0 Å². The second-order valence-electron chi connectivity index (χ2n) is 0.500. The number of hydrogen-bond acceptors (Lipinski definition) is 1. The summed E-state index contributed by atoms with van der Waals surface area (Å²) in [6.07, 6.45) is 0. The molecule has 0 rings (SSSR count). The number of halogens is 1. The molecule has 3 heteroatoms. The molecule has 0 spiro atoms. The molecule has 0 aromatic heterocycles. The Hall–Kier alpha value is 1.21. The van der Waals surface area contributed by atoms with Crippen LogP contribution in [-0.4, -0.2) is 33.6 Å². The lowest BCUT2D eigenvalue weighted by Gasteiger charge is -1.59. The minimum atomic E-state index is 1.67. The highest BCUT2D eigenvalue weighted by Gasteiger charge is 2.13. The molecule has 0 saturated heterocycles. The summed E-state index contributed by atoms with van der Waals surface area (Å²) >= 11 is 4.64. The summed E-state index contributed by atoms with van der Waals surface area (Å²) in [5.74, 6) is 0. The van der Waals surface area contributed by atoms with Crippen LogP contribution in [0.3, 0.4) is 0 Å². The van der Waals surface area contributed by atoms with E-state index in [-0.39, 0.29) is 0 Å². The van der Waals surface area contributed by atoms with Gasteiger partial charge >= 0.3 is 32.4 Å². The Morgan fingerprint density at radius 3 is 1.40 bits per heavy atom. The second kappa shape index (κ2) is 18.9. The van der Waals surface area contributed by atoms with Crippen molar-refractivity contribution in [3.8, 4) is 0 Å². The molecule has 0 saturated carbocycles. The molecule has 0 atom stereocenters. The molecule has 0 aliphatic carbocycles. The van der Waals surface area contributed by atoms with Crippen LogP contribution in [0.1, 0.15) is 0 Å². The second-order valence-corrected chi connectivity index (χ2v) is 0.500. The van der Waals surface area contributed by atoms with Gasteiger partial charge in [-0.1, -0.05) is 0 Å². The molecule has 0 aromatic rings. The van der Waals surface area contributed by atoms with Crippen molar-refractivity contribution < 1.29 is 0 Å². The first-order chi connectivity index (χ1) is 2.41. The van der Waals surface area contributed by atoms with Crippen LogP contribution in [0.25, 0.3) is 0 Å². The Morgan fingerprint density at radius 1 is 1.40 bits per heavy atom. The summed E-state index contributed by atoms with van der Waals surface area (Å²) in [6.45, 7) is 0. The summed E-state index contributed by atoms with van der Waals surface area (Å²) < 4.78 is 0. The van der Waals surface area contributed by atoms with Crippen LogP contribution < -0.4 is 5.32 Å². The van der Waals surface area contributed by atoms with Crippen molar-refractivity contribution in [3.63, 3.8) is 0 Å². The fourth-order valence-electron chi connectivity index (χ4n) is 0. The van der Waals surface area contributed by atoms with E-state index >= 15 is 0 Å². The Bertz CT molecular complexity index is 9.61. The molecule has 27 valence electrons. The standard InChI is InChI=1S/C2H7N.BrH.Mg/c1-3-2;;/h3H,1-2H3;1H;/q;;+3/p-1. The average molecular weight is 149 g/mol. The molecule has 0 aliphatic heterocycles.